The molecule has 0 bridgehead atoms. The number of hydrogen-bond acceptors (Lipinski definition) is 3. The highest BCUT2D eigenvalue weighted by Gasteiger charge is 2.25. The Morgan fingerprint density at radius 1 is 0.933 bits per heavy atom. The van der Waals surface area contributed by atoms with Crippen LogP contribution in [0.4, 0.5) is 0 Å². The minimum absolute atomic E-state index is 0.00778. The standard InChI is InChI=1S/C24H29N3O3/c1-18-8-6-11-21(16-18)24(30)27-13-7-12-26(14-15-27)23(29)17-22(25-19(2)28)20-9-4-3-5-10-20/h3-6,8-11,16,22H,7,12-15,17H2,1-2H3,(H,25,28). The smallest absolute Gasteiger partial charge is 0.253 e. The van der Waals surface area contributed by atoms with E-state index >= 15 is 0 Å². The summed E-state index contributed by atoms with van der Waals surface area (Å²) < 4.78 is 0. The maximum Gasteiger partial charge on any atom is 0.253 e. The Morgan fingerprint density at radius 3 is 2.33 bits per heavy atom. The van der Waals surface area contributed by atoms with E-state index in [0.29, 0.717) is 31.7 Å². The van der Waals surface area contributed by atoms with Crippen LogP contribution in [0.25, 0.3) is 0 Å². The monoisotopic (exact) mass is 407 g/mol. The van der Waals surface area contributed by atoms with Gasteiger partial charge in [-0.15, -0.1) is 0 Å². The molecule has 0 saturated carbocycles. The number of nitrogens with one attached hydrogen (secondary N) is 1. The van der Waals surface area contributed by atoms with Crippen molar-refractivity contribution in [1.82, 2.24) is 15.1 Å². The number of carbonyl (C=O) groups is 3. The minimum Gasteiger partial charge on any atom is -0.349 e. The summed E-state index contributed by atoms with van der Waals surface area (Å²) in [6.45, 7) is 5.67. The number of hydrogen-bond donors (Lipinski definition) is 1. The molecule has 1 saturated heterocycles. The quantitative estimate of drug-likeness (QED) is 0.829. The van der Waals surface area contributed by atoms with Crippen molar-refractivity contribution < 1.29 is 14.4 Å². The van der Waals surface area contributed by atoms with Crippen molar-refractivity contribution in [2.45, 2.75) is 32.7 Å². The molecule has 3 amide bonds. The molecule has 1 heterocycles. The summed E-state index contributed by atoms with van der Waals surface area (Å²) in [6.07, 6.45) is 0.939. The third-order valence-electron chi connectivity index (χ3n) is 5.36. The summed E-state index contributed by atoms with van der Waals surface area (Å²) in [7, 11) is 0. The summed E-state index contributed by atoms with van der Waals surface area (Å²) in [4.78, 5) is 41.1. The SMILES string of the molecule is CC(=O)NC(CC(=O)N1CCCN(C(=O)c2cccc(C)c2)CC1)c1ccccc1. The molecule has 1 unspecified atom stereocenters. The Morgan fingerprint density at radius 2 is 1.63 bits per heavy atom. The van der Waals surface area contributed by atoms with Gasteiger partial charge in [0.05, 0.1) is 12.5 Å². The fourth-order valence-corrected chi connectivity index (χ4v) is 3.82. The minimum atomic E-state index is -0.357. The van der Waals surface area contributed by atoms with Gasteiger partial charge in [0.1, 0.15) is 0 Å². The molecule has 6 heteroatoms. The van der Waals surface area contributed by atoms with Crippen LogP contribution in [0.5, 0.6) is 0 Å². The summed E-state index contributed by atoms with van der Waals surface area (Å²) in [5, 5.41) is 2.88. The fourth-order valence-electron chi connectivity index (χ4n) is 3.82. The first-order valence-electron chi connectivity index (χ1n) is 10.4. The second kappa shape index (κ2) is 10.1. The summed E-state index contributed by atoms with van der Waals surface area (Å²) >= 11 is 0. The molecule has 6 nitrogen and oxygen atoms in total. The van der Waals surface area contributed by atoms with Crippen molar-refractivity contribution in [1.29, 1.82) is 0 Å². The molecule has 1 atom stereocenters. The van der Waals surface area contributed by atoms with Crippen LogP contribution in [0, 0.1) is 6.92 Å². The molecule has 2 aromatic rings. The van der Waals surface area contributed by atoms with Crippen LogP contribution in [-0.2, 0) is 9.59 Å². The second-order valence-electron chi connectivity index (χ2n) is 7.76. The maximum absolute atomic E-state index is 13.0. The Bertz CT molecular complexity index is 898. The van der Waals surface area contributed by atoms with Gasteiger partial charge >= 0.3 is 0 Å². The van der Waals surface area contributed by atoms with Crippen LogP contribution >= 0.6 is 0 Å². The molecule has 1 aliphatic rings. The van der Waals surface area contributed by atoms with Gasteiger partial charge in [-0.05, 0) is 31.0 Å². The Hall–Kier alpha value is -3.15. The number of carbonyl (C=O) groups excluding carboxylic acids is 3. The molecule has 158 valence electrons. The van der Waals surface area contributed by atoms with Crippen molar-refractivity contribution in [3.8, 4) is 0 Å². The zero-order valence-electron chi connectivity index (χ0n) is 17.6. The second-order valence-corrected chi connectivity index (χ2v) is 7.76. The lowest BCUT2D eigenvalue weighted by molar-refractivity contribution is -0.131. The van der Waals surface area contributed by atoms with E-state index in [1.807, 2.05) is 66.4 Å². The molecule has 1 fully saturated rings. The van der Waals surface area contributed by atoms with Gasteiger partial charge in [0.15, 0.2) is 0 Å². The molecule has 0 aliphatic carbocycles. The average Bonchev–Trinajstić information content (AvgIpc) is 2.99. The molecule has 2 aromatic carbocycles. The van der Waals surface area contributed by atoms with Gasteiger partial charge in [-0.2, -0.15) is 0 Å². The van der Waals surface area contributed by atoms with Crippen LogP contribution < -0.4 is 5.32 Å². The lowest BCUT2D eigenvalue weighted by Gasteiger charge is -2.25. The topological polar surface area (TPSA) is 69.7 Å². The van der Waals surface area contributed by atoms with E-state index in [1.165, 1.54) is 6.92 Å². The Balaban J connectivity index is 1.63. The number of rotatable bonds is 5. The summed E-state index contributed by atoms with van der Waals surface area (Å²) in [5.74, 6) is -0.168. The van der Waals surface area contributed by atoms with E-state index < -0.39 is 0 Å². The van der Waals surface area contributed by atoms with Gasteiger partial charge in [-0.1, -0.05) is 48.0 Å². The Kier molecular flexibility index (Phi) is 7.22. The third kappa shape index (κ3) is 5.69. The third-order valence-corrected chi connectivity index (χ3v) is 5.36. The normalized spacial score (nSPS) is 15.3. The lowest BCUT2D eigenvalue weighted by Crippen LogP contribution is -2.39. The van der Waals surface area contributed by atoms with Crippen LogP contribution in [0.15, 0.2) is 54.6 Å². The molecule has 1 N–H and O–H groups in total. The number of nitrogens with zero attached hydrogens (tertiary/aromatic N) is 2. The number of amides is 3. The predicted molar refractivity (Wildman–Crippen MR) is 116 cm³/mol. The molecule has 1 aliphatic heterocycles. The van der Waals surface area contributed by atoms with Crippen LogP contribution in [-0.4, -0.2) is 53.7 Å². The largest absolute Gasteiger partial charge is 0.349 e. The van der Waals surface area contributed by atoms with Crippen molar-refractivity contribution in [2.24, 2.45) is 0 Å². The molecular weight excluding hydrogens is 378 g/mol. The molecule has 0 aromatic heterocycles. The zero-order valence-corrected chi connectivity index (χ0v) is 17.6. The molecule has 0 spiro atoms. The van der Waals surface area contributed by atoms with Crippen molar-refractivity contribution in [2.75, 3.05) is 26.2 Å². The molecule has 30 heavy (non-hydrogen) atoms. The van der Waals surface area contributed by atoms with Crippen LogP contribution in [0.3, 0.4) is 0 Å². The highest BCUT2D eigenvalue weighted by molar-refractivity contribution is 5.94. The predicted octanol–water partition coefficient (Wildman–Crippen LogP) is 2.94. The van der Waals surface area contributed by atoms with Gasteiger partial charge in [-0.3, -0.25) is 14.4 Å². The summed E-state index contributed by atoms with van der Waals surface area (Å²) in [5.41, 5.74) is 2.65. The van der Waals surface area contributed by atoms with Gasteiger partial charge in [0, 0.05) is 38.7 Å². The maximum atomic E-state index is 13.0. The fraction of sp³-hybridized carbons (Fsp3) is 0.375. The van der Waals surface area contributed by atoms with Crippen LogP contribution in [0.2, 0.25) is 0 Å². The Labute approximate surface area is 177 Å². The van der Waals surface area contributed by atoms with E-state index in [9.17, 15) is 14.4 Å². The van der Waals surface area contributed by atoms with Gasteiger partial charge in [0.25, 0.3) is 5.91 Å². The first kappa shape index (κ1) is 21.6. The van der Waals surface area contributed by atoms with Crippen molar-refractivity contribution >= 4 is 17.7 Å². The van der Waals surface area contributed by atoms with E-state index in [-0.39, 0.29) is 30.2 Å². The van der Waals surface area contributed by atoms with Gasteiger partial charge in [-0.25, -0.2) is 0 Å². The highest BCUT2D eigenvalue weighted by atomic mass is 16.2. The average molecular weight is 408 g/mol. The molecule has 3 rings (SSSR count). The zero-order chi connectivity index (χ0) is 21.5. The van der Waals surface area contributed by atoms with E-state index in [4.69, 9.17) is 0 Å². The van der Waals surface area contributed by atoms with E-state index in [2.05, 4.69) is 5.32 Å². The lowest BCUT2D eigenvalue weighted by atomic mass is 10.0. The first-order chi connectivity index (χ1) is 14.4. The molecule has 0 radical (unpaired) electrons. The van der Waals surface area contributed by atoms with E-state index in [1.54, 1.807) is 4.90 Å². The molecular formula is C24H29N3O3. The number of aryl methyl sites for hydroxylation is 1. The van der Waals surface area contributed by atoms with Crippen molar-refractivity contribution in [3.05, 3.63) is 71.3 Å². The van der Waals surface area contributed by atoms with Gasteiger partial charge < -0.3 is 15.1 Å². The highest BCUT2D eigenvalue weighted by Crippen LogP contribution is 2.19. The van der Waals surface area contributed by atoms with Crippen LogP contribution in [0.1, 0.15) is 47.3 Å². The van der Waals surface area contributed by atoms with E-state index in [0.717, 1.165) is 17.5 Å². The van der Waals surface area contributed by atoms with Crippen molar-refractivity contribution in [3.63, 3.8) is 0 Å². The summed E-state index contributed by atoms with van der Waals surface area (Å²) in [6, 6.07) is 16.8. The number of benzene rings is 2. The first-order valence-corrected chi connectivity index (χ1v) is 10.4. The van der Waals surface area contributed by atoms with Gasteiger partial charge in [0.2, 0.25) is 11.8 Å².